The number of rotatable bonds is 7. The fraction of sp³-hybridized carbons (Fsp3) is 0.500. The minimum Gasteiger partial charge on any atom is -0.476 e. The van der Waals surface area contributed by atoms with E-state index in [0.29, 0.717) is 43.5 Å². The molecule has 1 rings (SSSR count). The third-order valence-electron chi connectivity index (χ3n) is 2.20. The summed E-state index contributed by atoms with van der Waals surface area (Å²) in [6, 6.07) is 3.49. The fourth-order valence-corrected chi connectivity index (χ4v) is 1.39. The Labute approximate surface area is 107 Å². The molecular formula is C12H20N4O2. The van der Waals surface area contributed by atoms with Crippen LogP contribution in [-0.4, -0.2) is 30.6 Å². The number of aromatic nitrogens is 1. The summed E-state index contributed by atoms with van der Waals surface area (Å²) in [5.74, 6) is 1.09. The van der Waals surface area contributed by atoms with Crippen LogP contribution >= 0.6 is 0 Å². The Hall–Kier alpha value is -1.98. The summed E-state index contributed by atoms with van der Waals surface area (Å²) >= 11 is 0. The van der Waals surface area contributed by atoms with Crippen LogP contribution in [-0.2, 0) is 4.79 Å². The Morgan fingerprint density at radius 1 is 1.44 bits per heavy atom. The van der Waals surface area contributed by atoms with Crippen molar-refractivity contribution in [2.75, 3.05) is 30.7 Å². The Bertz CT molecular complexity index is 396. The number of hydrogen-bond donors (Lipinski definition) is 3. The van der Waals surface area contributed by atoms with Crippen molar-refractivity contribution >= 4 is 17.4 Å². The number of nitrogens with one attached hydrogen (secondary N) is 2. The first-order valence-corrected chi connectivity index (χ1v) is 6.07. The molecule has 1 amide bonds. The van der Waals surface area contributed by atoms with E-state index in [1.165, 1.54) is 0 Å². The van der Waals surface area contributed by atoms with Gasteiger partial charge in [-0.2, -0.15) is 4.98 Å². The Morgan fingerprint density at radius 2 is 2.22 bits per heavy atom. The third-order valence-corrected chi connectivity index (χ3v) is 2.20. The molecule has 0 aromatic carbocycles. The molecule has 0 unspecified atom stereocenters. The third kappa shape index (κ3) is 4.48. The molecule has 100 valence electrons. The van der Waals surface area contributed by atoms with Crippen molar-refractivity contribution in [1.29, 1.82) is 0 Å². The van der Waals surface area contributed by atoms with Gasteiger partial charge in [-0.05, 0) is 26.0 Å². The van der Waals surface area contributed by atoms with Gasteiger partial charge in [-0.25, -0.2) is 0 Å². The number of carbonyl (C=O) groups excluding carboxylic acids is 1. The highest BCUT2D eigenvalue weighted by molar-refractivity contribution is 5.76. The predicted octanol–water partition coefficient (Wildman–Crippen LogP) is 1.00. The zero-order valence-corrected chi connectivity index (χ0v) is 10.8. The van der Waals surface area contributed by atoms with E-state index in [0.717, 1.165) is 0 Å². The largest absolute Gasteiger partial charge is 0.476 e. The number of anilines is 2. The van der Waals surface area contributed by atoms with Crippen molar-refractivity contribution < 1.29 is 9.53 Å². The topological polar surface area (TPSA) is 89.3 Å². The van der Waals surface area contributed by atoms with Crippen molar-refractivity contribution in [3.05, 3.63) is 12.1 Å². The van der Waals surface area contributed by atoms with Crippen molar-refractivity contribution in [2.24, 2.45) is 0 Å². The number of amides is 1. The number of carbonyl (C=O) groups is 1. The van der Waals surface area contributed by atoms with Crippen LogP contribution in [0.25, 0.3) is 0 Å². The van der Waals surface area contributed by atoms with E-state index in [9.17, 15) is 4.79 Å². The monoisotopic (exact) mass is 252 g/mol. The van der Waals surface area contributed by atoms with Gasteiger partial charge in [-0.1, -0.05) is 0 Å². The van der Waals surface area contributed by atoms with Gasteiger partial charge in [0.15, 0.2) is 0 Å². The van der Waals surface area contributed by atoms with Crippen LogP contribution in [0, 0.1) is 0 Å². The maximum absolute atomic E-state index is 11.2. The lowest BCUT2D eigenvalue weighted by atomic mass is 10.3. The molecule has 0 radical (unpaired) electrons. The van der Waals surface area contributed by atoms with Crippen molar-refractivity contribution in [2.45, 2.75) is 20.3 Å². The predicted molar refractivity (Wildman–Crippen MR) is 71.6 cm³/mol. The first-order valence-electron chi connectivity index (χ1n) is 6.07. The summed E-state index contributed by atoms with van der Waals surface area (Å²) in [6.45, 7) is 5.44. The highest BCUT2D eigenvalue weighted by atomic mass is 16.5. The standard InChI is InChI=1S/C12H20N4O2/c1-3-14-11(17)7-8-15-10-6-5-9(13)12(16-10)18-4-2/h5-6H,3-4,7-8,13H2,1-2H3,(H,14,17)(H,15,16). The number of pyridine rings is 1. The Balaban J connectivity index is 2.47. The zero-order chi connectivity index (χ0) is 13.4. The quantitative estimate of drug-likeness (QED) is 0.673. The molecule has 0 aliphatic rings. The van der Waals surface area contributed by atoms with E-state index in [4.69, 9.17) is 10.5 Å². The number of nitrogen functional groups attached to an aromatic ring is 1. The van der Waals surface area contributed by atoms with Crippen LogP contribution in [0.5, 0.6) is 5.88 Å². The molecule has 1 aromatic heterocycles. The maximum Gasteiger partial charge on any atom is 0.239 e. The van der Waals surface area contributed by atoms with Crippen LogP contribution in [0.3, 0.4) is 0 Å². The van der Waals surface area contributed by atoms with E-state index >= 15 is 0 Å². The van der Waals surface area contributed by atoms with E-state index in [-0.39, 0.29) is 5.91 Å². The fourth-order valence-electron chi connectivity index (χ4n) is 1.39. The average molecular weight is 252 g/mol. The molecule has 6 nitrogen and oxygen atoms in total. The molecule has 0 saturated carbocycles. The summed E-state index contributed by atoms with van der Waals surface area (Å²) in [5, 5.41) is 5.78. The van der Waals surface area contributed by atoms with E-state index in [1.807, 2.05) is 13.8 Å². The minimum atomic E-state index is 0.0190. The second-order valence-electron chi connectivity index (χ2n) is 3.65. The van der Waals surface area contributed by atoms with Gasteiger partial charge in [-0.3, -0.25) is 4.79 Å². The first-order chi connectivity index (χ1) is 8.67. The lowest BCUT2D eigenvalue weighted by Crippen LogP contribution is -2.24. The number of hydrogen-bond acceptors (Lipinski definition) is 5. The molecule has 0 aliphatic carbocycles. The zero-order valence-electron chi connectivity index (χ0n) is 10.8. The van der Waals surface area contributed by atoms with Gasteiger partial charge in [0, 0.05) is 19.5 Å². The van der Waals surface area contributed by atoms with Crippen LogP contribution < -0.4 is 21.1 Å². The van der Waals surface area contributed by atoms with Gasteiger partial charge in [0.2, 0.25) is 11.8 Å². The molecule has 0 bridgehead atoms. The Morgan fingerprint density at radius 3 is 2.89 bits per heavy atom. The molecule has 0 aliphatic heterocycles. The minimum absolute atomic E-state index is 0.0190. The van der Waals surface area contributed by atoms with Crippen molar-refractivity contribution in [1.82, 2.24) is 10.3 Å². The normalized spacial score (nSPS) is 9.89. The van der Waals surface area contributed by atoms with Gasteiger partial charge in [-0.15, -0.1) is 0 Å². The summed E-state index contributed by atoms with van der Waals surface area (Å²) in [7, 11) is 0. The Kier molecular flexibility index (Phi) is 5.76. The van der Waals surface area contributed by atoms with Gasteiger partial charge >= 0.3 is 0 Å². The van der Waals surface area contributed by atoms with Gasteiger partial charge in [0.05, 0.1) is 12.3 Å². The molecule has 1 heterocycles. The second-order valence-corrected chi connectivity index (χ2v) is 3.65. The summed E-state index contributed by atoms with van der Waals surface area (Å²) in [4.78, 5) is 15.5. The maximum atomic E-state index is 11.2. The lowest BCUT2D eigenvalue weighted by molar-refractivity contribution is -0.120. The van der Waals surface area contributed by atoms with Crippen LogP contribution in [0.2, 0.25) is 0 Å². The average Bonchev–Trinajstić information content (AvgIpc) is 2.34. The molecule has 4 N–H and O–H groups in total. The summed E-state index contributed by atoms with van der Waals surface area (Å²) in [5.41, 5.74) is 6.22. The lowest BCUT2D eigenvalue weighted by Gasteiger charge is -2.09. The number of nitrogens with two attached hydrogens (primary N) is 1. The molecule has 1 aromatic rings. The van der Waals surface area contributed by atoms with Gasteiger partial charge < -0.3 is 21.1 Å². The molecular weight excluding hydrogens is 232 g/mol. The summed E-state index contributed by atoms with van der Waals surface area (Å²) in [6.07, 6.45) is 0.407. The molecule has 0 atom stereocenters. The van der Waals surface area contributed by atoms with Crippen molar-refractivity contribution in [3.8, 4) is 5.88 Å². The van der Waals surface area contributed by atoms with Crippen LogP contribution in [0.4, 0.5) is 11.5 Å². The second kappa shape index (κ2) is 7.37. The molecule has 0 saturated heterocycles. The van der Waals surface area contributed by atoms with Gasteiger partial charge in [0.25, 0.3) is 0 Å². The smallest absolute Gasteiger partial charge is 0.239 e. The number of nitrogens with zero attached hydrogens (tertiary/aromatic N) is 1. The SMILES string of the molecule is CCNC(=O)CCNc1ccc(N)c(OCC)n1. The van der Waals surface area contributed by atoms with Gasteiger partial charge in [0.1, 0.15) is 5.82 Å². The molecule has 0 fully saturated rings. The van der Waals surface area contributed by atoms with E-state index < -0.39 is 0 Å². The highest BCUT2D eigenvalue weighted by Gasteiger charge is 2.04. The molecule has 6 heteroatoms. The van der Waals surface area contributed by atoms with E-state index in [2.05, 4.69) is 15.6 Å². The molecule has 18 heavy (non-hydrogen) atoms. The summed E-state index contributed by atoms with van der Waals surface area (Å²) < 4.78 is 5.29. The first kappa shape index (κ1) is 14.1. The van der Waals surface area contributed by atoms with Crippen LogP contribution in [0.1, 0.15) is 20.3 Å². The van der Waals surface area contributed by atoms with Crippen LogP contribution in [0.15, 0.2) is 12.1 Å². The number of ether oxygens (including phenoxy) is 1. The van der Waals surface area contributed by atoms with Crippen molar-refractivity contribution in [3.63, 3.8) is 0 Å². The highest BCUT2D eigenvalue weighted by Crippen LogP contribution is 2.20. The van der Waals surface area contributed by atoms with E-state index in [1.54, 1.807) is 12.1 Å². The molecule has 0 spiro atoms.